The summed E-state index contributed by atoms with van der Waals surface area (Å²) in [6, 6.07) is 0.392. The van der Waals surface area contributed by atoms with Gasteiger partial charge in [0.15, 0.2) is 0 Å². The maximum absolute atomic E-state index is 5.72. The fraction of sp³-hybridized carbons (Fsp3) is 1.00. The summed E-state index contributed by atoms with van der Waals surface area (Å²) in [7, 11) is 1.77. The highest BCUT2D eigenvalue weighted by atomic mass is 16.5. The van der Waals surface area contributed by atoms with Gasteiger partial charge >= 0.3 is 0 Å². The summed E-state index contributed by atoms with van der Waals surface area (Å²) in [5.41, 5.74) is 5.72. The van der Waals surface area contributed by atoms with Gasteiger partial charge in [0.25, 0.3) is 0 Å². The molecule has 54 valence electrons. The van der Waals surface area contributed by atoms with Gasteiger partial charge in [0.2, 0.25) is 0 Å². The van der Waals surface area contributed by atoms with Crippen LogP contribution in [0.15, 0.2) is 0 Å². The Hall–Kier alpha value is -0.0800. The Morgan fingerprint density at radius 2 is 2.22 bits per heavy atom. The molecule has 1 aliphatic carbocycles. The van der Waals surface area contributed by atoms with Crippen molar-refractivity contribution < 1.29 is 4.74 Å². The van der Waals surface area contributed by atoms with Crippen molar-refractivity contribution in [1.82, 2.24) is 0 Å². The standard InChI is InChI=1S/C7H15NO/c1-9-7-4-2-3-6(8)5-7/h6-7H,2-5,8H2,1H3/t6?,7-/m1/s1. The van der Waals surface area contributed by atoms with Crippen molar-refractivity contribution in [3.63, 3.8) is 0 Å². The summed E-state index contributed by atoms with van der Waals surface area (Å²) < 4.78 is 5.18. The minimum absolute atomic E-state index is 0.392. The lowest BCUT2D eigenvalue weighted by atomic mass is 9.94. The minimum Gasteiger partial charge on any atom is -0.381 e. The zero-order valence-corrected chi connectivity index (χ0v) is 5.97. The van der Waals surface area contributed by atoms with E-state index in [0.717, 1.165) is 6.42 Å². The van der Waals surface area contributed by atoms with Crippen molar-refractivity contribution in [2.75, 3.05) is 7.11 Å². The Balaban J connectivity index is 2.23. The van der Waals surface area contributed by atoms with Crippen molar-refractivity contribution in [2.45, 2.75) is 37.8 Å². The van der Waals surface area contributed by atoms with E-state index >= 15 is 0 Å². The predicted molar refractivity (Wildman–Crippen MR) is 37.2 cm³/mol. The normalized spacial score (nSPS) is 36.7. The van der Waals surface area contributed by atoms with E-state index in [2.05, 4.69) is 0 Å². The number of nitrogens with two attached hydrogens (primary N) is 1. The highest BCUT2D eigenvalue weighted by molar-refractivity contribution is 4.74. The van der Waals surface area contributed by atoms with E-state index in [1.807, 2.05) is 0 Å². The fourth-order valence-electron chi connectivity index (χ4n) is 1.40. The summed E-state index contributed by atoms with van der Waals surface area (Å²) >= 11 is 0. The molecule has 1 unspecified atom stereocenters. The lowest BCUT2D eigenvalue weighted by Gasteiger charge is -2.24. The Morgan fingerprint density at radius 1 is 1.44 bits per heavy atom. The Labute approximate surface area is 56.4 Å². The van der Waals surface area contributed by atoms with Crippen LogP contribution in [0.5, 0.6) is 0 Å². The zero-order valence-electron chi connectivity index (χ0n) is 5.97. The van der Waals surface area contributed by atoms with Gasteiger partial charge in [-0.3, -0.25) is 0 Å². The van der Waals surface area contributed by atoms with Crippen LogP contribution in [0.1, 0.15) is 25.7 Å². The van der Waals surface area contributed by atoms with E-state index < -0.39 is 0 Å². The first-order valence-electron chi connectivity index (χ1n) is 3.61. The molecule has 2 heteroatoms. The summed E-state index contributed by atoms with van der Waals surface area (Å²) in [5.74, 6) is 0. The lowest BCUT2D eigenvalue weighted by molar-refractivity contribution is 0.0645. The van der Waals surface area contributed by atoms with Crippen LogP contribution in [-0.4, -0.2) is 19.3 Å². The number of rotatable bonds is 1. The van der Waals surface area contributed by atoms with Gasteiger partial charge in [-0.1, -0.05) is 0 Å². The third-order valence-corrected chi connectivity index (χ3v) is 2.00. The Morgan fingerprint density at radius 3 is 2.67 bits per heavy atom. The zero-order chi connectivity index (χ0) is 6.69. The van der Waals surface area contributed by atoms with Crippen molar-refractivity contribution >= 4 is 0 Å². The number of methoxy groups -OCH3 is 1. The molecule has 0 heterocycles. The molecule has 2 atom stereocenters. The third kappa shape index (κ3) is 1.95. The van der Waals surface area contributed by atoms with Crippen LogP contribution in [0.4, 0.5) is 0 Å². The molecule has 0 spiro atoms. The SMILES string of the molecule is CO[C@@H]1CCCC(N)C1. The molecule has 9 heavy (non-hydrogen) atoms. The molecule has 0 aliphatic heterocycles. The van der Waals surface area contributed by atoms with Crippen molar-refractivity contribution in [1.29, 1.82) is 0 Å². The molecule has 2 nitrogen and oxygen atoms in total. The fourth-order valence-corrected chi connectivity index (χ4v) is 1.40. The van der Waals surface area contributed by atoms with E-state index in [1.165, 1.54) is 19.3 Å². The smallest absolute Gasteiger partial charge is 0.0586 e. The summed E-state index contributed by atoms with van der Waals surface area (Å²) in [6.45, 7) is 0. The van der Waals surface area contributed by atoms with Crippen LogP contribution < -0.4 is 5.73 Å². The molecule has 0 amide bonds. The summed E-state index contributed by atoms with van der Waals surface area (Å²) in [4.78, 5) is 0. The first-order chi connectivity index (χ1) is 4.33. The molecule has 0 saturated heterocycles. The Bertz CT molecular complexity index is 85.0. The van der Waals surface area contributed by atoms with E-state index in [1.54, 1.807) is 7.11 Å². The molecule has 0 aromatic carbocycles. The van der Waals surface area contributed by atoms with Gasteiger partial charge < -0.3 is 10.5 Å². The molecule has 1 aliphatic rings. The van der Waals surface area contributed by atoms with Gasteiger partial charge in [-0.2, -0.15) is 0 Å². The van der Waals surface area contributed by atoms with E-state index in [9.17, 15) is 0 Å². The molecule has 0 radical (unpaired) electrons. The number of hydrogen-bond acceptors (Lipinski definition) is 2. The molecule has 0 aromatic rings. The molecule has 2 N–H and O–H groups in total. The quantitative estimate of drug-likeness (QED) is 0.571. The van der Waals surface area contributed by atoms with E-state index in [0.29, 0.717) is 12.1 Å². The molecular formula is C7H15NO. The summed E-state index contributed by atoms with van der Waals surface area (Å²) in [6.07, 6.45) is 5.11. The molecule has 0 aromatic heterocycles. The second-order valence-electron chi connectivity index (χ2n) is 2.78. The van der Waals surface area contributed by atoms with E-state index in [4.69, 9.17) is 10.5 Å². The van der Waals surface area contributed by atoms with Crippen LogP contribution in [0.2, 0.25) is 0 Å². The minimum atomic E-state index is 0.392. The van der Waals surface area contributed by atoms with Crippen LogP contribution in [0.25, 0.3) is 0 Å². The average Bonchev–Trinajstić information content (AvgIpc) is 1.88. The van der Waals surface area contributed by atoms with Gasteiger partial charge in [-0.15, -0.1) is 0 Å². The maximum atomic E-state index is 5.72. The largest absolute Gasteiger partial charge is 0.381 e. The average molecular weight is 129 g/mol. The Kier molecular flexibility index (Phi) is 2.49. The highest BCUT2D eigenvalue weighted by Crippen LogP contribution is 2.18. The lowest BCUT2D eigenvalue weighted by Crippen LogP contribution is -2.31. The van der Waals surface area contributed by atoms with Gasteiger partial charge in [0.1, 0.15) is 0 Å². The van der Waals surface area contributed by atoms with Gasteiger partial charge in [0.05, 0.1) is 6.10 Å². The molecule has 1 fully saturated rings. The summed E-state index contributed by atoms with van der Waals surface area (Å²) in [5, 5.41) is 0. The molecule has 1 rings (SSSR count). The van der Waals surface area contributed by atoms with Crippen LogP contribution in [0, 0.1) is 0 Å². The first-order valence-corrected chi connectivity index (χ1v) is 3.61. The second-order valence-corrected chi connectivity index (χ2v) is 2.78. The highest BCUT2D eigenvalue weighted by Gasteiger charge is 2.17. The number of hydrogen-bond donors (Lipinski definition) is 1. The number of ether oxygens (including phenoxy) is 1. The topological polar surface area (TPSA) is 35.2 Å². The van der Waals surface area contributed by atoms with Crippen molar-refractivity contribution in [2.24, 2.45) is 5.73 Å². The van der Waals surface area contributed by atoms with Crippen molar-refractivity contribution in [3.05, 3.63) is 0 Å². The monoisotopic (exact) mass is 129 g/mol. The molecule has 1 saturated carbocycles. The van der Waals surface area contributed by atoms with Gasteiger partial charge in [0, 0.05) is 13.2 Å². The van der Waals surface area contributed by atoms with Crippen LogP contribution >= 0.6 is 0 Å². The van der Waals surface area contributed by atoms with Crippen LogP contribution in [-0.2, 0) is 4.74 Å². The van der Waals surface area contributed by atoms with Gasteiger partial charge in [-0.25, -0.2) is 0 Å². The third-order valence-electron chi connectivity index (χ3n) is 2.00. The predicted octanol–water partition coefficient (Wildman–Crippen LogP) is 0.903. The maximum Gasteiger partial charge on any atom is 0.0586 e. The molecule has 0 bridgehead atoms. The molecular weight excluding hydrogens is 114 g/mol. The van der Waals surface area contributed by atoms with Gasteiger partial charge in [-0.05, 0) is 25.7 Å². The van der Waals surface area contributed by atoms with Crippen LogP contribution in [0.3, 0.4) is 0 Å². The first kappa shape index (κ1) is 7.03. The van der Waals surface area contributed by atoms with E-state index in [-0.39, 0.29) is 0 Å². The second kappa shape index (κ2) is 3.18. The van der Waals surface area contributed by atoms with Crippen molar-refractivity contribution in [3.8, 4) is 0 Å².